The van der Waals surface area contributed by atoms with E-state index < -0.39 is 164 Å². The lowest BCUT2D eigenvalue weighted by molar-refractivity contribution is 0.660. The second-order valence-corrected chi connectivity index (χ2v) is 13.8. The Morgan fingerprint density at radius 3 is 1.84 bits per heavy atom. The van der Waals surface area contributed by atoms with Crippen molar-refractivity contribution >= 4 is 27.8 Å². The van der Waals surface area contributed by atoms with Gasteiger partial charge in [-0.1, -0.05) is 195 Å². The first-order valence-corrected chi connectivity index (χ1v) is 18.0. The lowest BCUT2D eigenvalue weighted by Crippen LogP contribution is -2.16. The first kappa shape index (κ1) is 19.1. The molecule has 0 spiro atoms. The number of anilines is 3. The Hall–Kier alpha value is -6.96. The lowest BCUT2D eigenvalue weighted by Gasteiger charge is -2.30. The van der Waals surface area contributed by atoms with Crippen LogP contribution in [0.25, 0.3) is 66.4 Å². The van der Waals surface area contributed by atoms with Gasteiger partial charge in [-0.05, 0) is 102 Å². The number of rotatable bonds is 7. The van der Waals surface area contributed by atoms with E-state index in [1.807, 2.05) is 78.9 Å². The molecule has 0 aromatic heterocycles. The average molecular weight is 735 g/mol. The van der Waals surface area contributed by atoms with Crippen molar-refractivity contribution in [3.63, 3.8) is 0 Å². The third-order valence-corrected chi connectivity index (χ3v) is 10.3. The molecule has 0 saturated heterocycles. The van der Waals surface area contributed by atoms with Crippen molar-refractivity contribution in [2.24, 2.45) is 0 Å². The zero-order chi connectivity index (χ0) is 54.2. The molecule has 9 aromatic carbocycles. The van der Waals surface area contributed by atoms with Crippen LogP contribution in [-0.4, -0.2) is 0 Å². The van der Waals surface area contributed by atoms with Gasteiger partial charge in [0.15, 0.2) is 0 Å². The maximum absolute atomic E-state index is 9.95. The summed E-state index contributed by atoms with van der Waals surface area (Å²) in [6.07, 6.45) is 0. The third kappa shape index (κ3) is 5.72. The van der Waals surface area contributed by atoms with Crippen LogP contribution < -0.4 is 4.90 Å². The van der Waals surface area contributed by atoms with Crippen LogP contribution in [0.15, 0.2) is 212 Å². The van der Waals surface area contributed by atoms with Gasteiger partial charge in [0.05, 0.1) is 31.7 Å². The number of fused-ring (bicyclic) bond motifs is 4. The summed E-state index contributed by atoms with van der Waals surface area (Å²) in [6, 6.07) is 14.5. The van der Waals surface area contributed by atoms with Crippen molar-refractivity contribution < 1.29 is 26.0 Å². The van der Waals surface area contributed by atoms with E-state index in [4.69, 9.17) is 11.0 Å². The molecule has 0 bridgehead atoms. The second-order valence-electron chi connectivity index (χ2n) is 13.8. The largest absolute Gasteiger partial charge is 0.310 e. The first-order valence-electron chi connectivity index (χ1n) is 27.5. The molecule has 9 aromatic rings. The summed E-state index contributed by atoms with van der Waals surface area (Å²) in [5, 5.41) is -1.16. The monoisotopic (exact) mass is 734 g/mol. The van der Waals surface area contributed by atoms with Crippen LogP contribution in [0.4, 0.5) is 17.1 Å². The van der Waals surface area contributed by atoms with E-state index in [0.29, 0.717) is 16.9 Å². The molecule has 10 rings (SSSR count). The Labute approximate surface area is 356 Å². The smallest absolute Gasteiger partial charge is 0.0645 e. The number of hydrogen-bond donors (Lipinski definition) is 0. The van der Waals surface area contributed by atoms with Crippen LogP contribution in [0, 0.1) is 0 Å². The minimum atomic E-state index is -0.970. The highest BCUT2D eigenvalue weighted by atomic mass is 15.1. The zero-order valence-corrected chi connectivity index (χ0v) is 30.2. The molecule has 1 aliphatic rings. The zero-order valence-electron chi connectivity index (χ0n) is 49.2. The molecular formula is C55H41N. The van der Waals surface area contributed by atoms with E-state index >= 15 is 0 Å². The number of nitrogens with zero attached hydrogens (tertiary/aromatic N) is 1. The van der Waals surface area contributed by atoms with Crippen molar-refractivity contribution in [1.29, 1.82) is 0 Å². The molecule has 56 heavy (non-hydrogen) atoms. The van der Waals surface area contributed by atoms with Crippen LogP contribution in [0.2, 0.25) is 0 Å². The molecular weight excluding hydrogens is 675 g/mol. The van der Waals surface area contributed by atoms with Gasteiger partial charge in [-0.25, -0.2) is 0 Å². The van der Waals surface area contributed by atoms with E-state index in [-0.39, 0.29) is 5.69 Å². The minimum Gasteiger partial charge on any atom is -0.310 e. The van der Waals surface area contributed by atoms with Crippen LogP contribution in [0.1, 0.15) is 51.0 Å². The van der Waals surface area contributed by atoms with Crippen LogP contribution >= 0.6 is 0 Å². The topological polar surface area (TPSA) is 3.24 Å². The van der Waals surface area contributed by atoms with Gasteiger partial charge in [-0.15, -0.1) is 0 Å². The highest BCUT2D eigenvalue weighted by Gasteiger charge is 2.36. The number of para-hydroxylation sites is 1. The van der Waals surface area contributed by atoms with Crippen LogP contribution in [0.5, 0.6) is 0 Å². The van der Waals surface area contributed by atoms with E-state index in [1.54, 1.807) is 17.0 Å². The van der Waals surface area contributed by atoms with E-state index in [1.165, 1.54) is 0 Å². The Bertz CT molecular complexity index is 3900. The molecule has 1 heteroatoms. The molecule has 0 unspecified atom stereocenters. The van der Waals surface area contributed by atoms with Gasteiger partial charge in [0, 0.05) is 22.4 Å². The maximum atomic E-state index is 9.95. The molecule has 0 amide bonds. The number of benzene rings is 9. The molecule has 266 valence electrons. The fourth-order valence-corrected chi connectivity index (χ4v) is 7.57. The van der Waals surface area contributed by atoms with Crippen LogP contribution in [-0.2, 0) is 5.41 Å². The molecule has 0 fully saturated rings. The number of hydrogen-bond acceptors (Lipinski definition) is 1. The summed E-state index contributed by atoms with van der Waals surface area (Å²) in [4.78, 5) is 1.63. The molecule has 0 radical (unpaired) electrons. The van der Waals surface area contributed by atoms with Gasteiger partial charge in [0.25, 0.3) is 0 Å². The van der Waals surface area contributed by atoms with Crippen molar-refractivity contribution in [2.75, 3.05) is 4.90 Å². The summed E-state index contributed by atoms with van der Waals surface area (Å²) in [5.74, 6) is 0. The SMILES string of the molecule is [2H]c1c([2H])c([2H])c(-c2c([2H])c([2H])c(-c3c(-c4c([2H])c([2H])c(N(c5ccc6c(c5)C(C)(C)c5ccccc5-6)c5ccccc5-c5ccccc5)c([2H])c4[2H])c([2H])c([2H])c4c([2H])c([2H])c([2H])c([2H])c34)c([2H])c2[2H])c([2H])c1[2H]. The maximum Gasteiger partial charge on any atom is 0.0645 e. The normalized spacial score (nSPS) is 17.4. The van der Waals surface area contributed by atoms with Crippen molar-refractivity contribution in [1.82, 2.24) is 0 Å². The van der Waals surface area contributed by atoms with Gasteiger partial charge in [0.1, 0.15) is 0 Å². The van der Waals surface area contributed by atoms with Gasteiger partial charge in [0.2, 0.25) is 0 Å². The standard InChI is InChI=1S/C55H41N/c1-55(2)51-23-13-11-22-49(51)50-36-34-45(37-52(50)55)56(53-24-14-12-20-46(53)40-17-7-4-8-18-40)44-32-29-42(30-33-44)48-35-31-41-19-9-10-21-47(41)54(48)43-27-25-39(26-28-43)38-15-5-3-6-16-38/h3-37H,1-2H3/i3D,5D,6D,9D,10D,15D,16D,19D,21D,25D,26D,27D,28D,29D,30D,31D,32D,33D,35D. The molecule has 0 N–H and O–H groups in total. The van der Waals surface area contributed by atoms with Crippen molar-refractivity contribution in [2.45, 2.75) is 19.3 Å². The highest BCUT2D eigenvalue weighted by molar-refractivity contribution is 6.04. The van der Waals surface area contributed by atoms with Crippen molar-refractivity contribution in [3.05, 3.63) is 223 Å². The Balaban J connectivity index is 1.32. The van der Waals surface area contributed by atoms with Crippen molar-refractivity contribution in [3.8, 4) is 55.6 Å². The fraction of sp³-hybridized carbons (Fsp3) is 0.0545. The molecule has 1 aliphatic carbocycles. The highest BCUT2D eigenvalue weighted by Crippen LogP contribution is 2.51. The quantitative estimate of drug-likeness (QED) is 0.158. The summed E-state index contributed by atoms with van der Waals surface area (Å²) >= 11 is 0. The van der Waals surface area contributed by atoms with Gasteiger partial charge in [-0.2, -0.15) is 0 Å². The third-order valence-electron chi connectivity index (χ3n) is 10.3. The molecule has 0 heterocycles. The predicted octanol–water partition coefficient (Wildman–Crippen LogP) is 15.3. The minimum absolute atomic E-state index is 0.237. The molecule has 1 nitrogen and oxygen atoms in total. The molecule has 0 atom stereocenters. The lowest BCUT2D eigenvalue weighted by atomic mass is 9.82. The summed E-state index contributed by atoms with van der Waals surface area (Å²) in [7, 11) is 0. The first-order chi connectivity index (χ1) is 35.5. The summed E-state index contributed by atoms with van der Waals surface area (Å²) in [5.41, 5.74) is 1.53. The second kappa shape index (κ2) is 13.7. The fourth-order valence-electron chi connectivity index (χ4n) is 7.57. The summed E-state index contributed by atoms with van der Waals surface area (Å²) in [6.45, 7) is 4.19. The Morgan fingerprint density at radius 2 is 1.04 bits per heavy atom. The average Bonchev–Trinajstić information content (AvgIpc) is 3.66. The van der Waals surface area contributed by atoms with Gasteiger partial charge >= 0.3 is 0 Å². The Morgan fingerprint density at radius 1 is 0.411 bits per heavy atom. The van der Waals surface area contributed by atoms with E-state index in [0.717, 1.165) is 27.8 Å². The Kier molecular flexibility index (Phi) is 4.67. The molecule has 0 aliphatic heterocycles. The van der Waals surface area contributed by atoms with Gasteiger partial charge in [-0.3, -0.25) is 0 Å². The van der Waals surface area contributed by atoms with E-state index in [2.05, 4.69) is 19.9 Å². The van der Waals surface area contributed by atoms with E-state index in [9.17, 15) is 15.1 Å². The molecule has 0 saturated carbocycles. The van der Waals surface area contributed by atoms with Gasteiger partial charge < -0.3 is 4.90 Å². The van der Waals surface area contributed by atoms with Crippen LogP contribution in [0.3, 0.4) is 0 Å². The summed E-state index contributed by atoms with van der Waals surface area (Å²) < 4.78 is 174. The predicted molar refractivity (Wildman–Crippen MR) is 238 cm³/mol.